The maximum atomic E-state index is 13.7. The number of nitrogens with zero attached hydrogens (tertiary/aromatic N) is 2. The summed E-state index contributed by atoms with van der Waals surface area (Å²) >= 11 is 0. The number of carbonyl (C=O) groups is 1. The lowest BCUT2D eigenvalue weighted by Gasteiger charge is -2.16. The van der Waals surface area contributed by atoms with E-state index in [1.165, 1.54) is 56.2 Å². The summed E-state index contributed by atoms with van der Waals surface area (Å²) in [5, 5.41) is 0. The highest BCUT2D eigenvalue weighted by Crippen LogP contribution is 2.34. The van der Waals surface area contributed by atoms with Crippen molar-refractivity contribution in [2.75, 3.05) is 14.2 Å². The highest BCUT2D eigenvalue weighted by Gasteiger charge is 2.21. The van der Waals surface area contributed by atoms with Gasteiger partial charge in [-0.3, -0.25) is 4.79 Å². The van der Waals surface area contributed by atoms with Gasteiger partial charge in [-0.05, 0) is 110 Å². The lowest BCUT2D eigenvalue weighted by atomic mass is 9.90. The summed E-state index contributed by atoms with van der Waals surface area (Å²) in [4.78, 5) is 18.2. The minimum absolute atomic E-state index is 0.201. The summed E-state index contributed by atoms with van der Waals surface area (Å²) in [6, 6.07) is 14.0. The van der Waals surface area contributed by atoms with Gasteiger partial charge < -0.3 is 14.0 Å². The number of Topliss-reactive ketones (excluding diaryl/α,β-unsaturated/α-hetero) is 1. The highest BCUT2D eigenvalue weighted by molar-refractivity contribution is 5.80. The van der Waals surface area contributed by atoms with Gasteiger partial charge in [-0.25, -0.2) is 9.37 Å². The topological polar surface area (TPSA) is 53.4 Å². The molecule has 0 N–H and O–H groups in total. The highest BCUT2D eigenvalue weighted by atomic mass is 19.1. The van der Waals surface area contributed by atoms with Crippen molar-refractivity contribution in [1.82, 2.24) is 9.55 Å². The van der Waals surface area contributed by atoms with E-state index < -0.39 is 0 Å². The monoisotopic (exact) mass is 596 g/mol. The van der Waals surface area contributed by atoms with Gasteiger partial charge in [0.25, 0.3) is 0 Å². The fraction of sp³-hybridized carbons (Fsp3) is 0.421. The van der Waals surface area contributed by atoms with Crippen LogP contribution in [0.4, 0.5) is 4.39 Å². The Balaban J connectivity index is 1.16. The summed E-state index contributed by atoms with van der Waals surface area (Å²) in [6.07, 6.45) is 23.2. The van der Waals surface area contributed by atoms with Gasteiger partial charge >= 0.3 is 0 Å². The van der Waals surface area contributed by atoms with Crippen LogP contribution in [0.15, 0.2) is 90.4 Å². The smallest absolute Gasteiger partial charge is 0.140 e. The molecule has 0 spiro atoms. The molecule has 232 valence electrons. The largest absolute Gasteiger partial charge is 0.497 e. The maximum absolute atomic E-state index is 13.7. The Morgan fingerprint density at radius 1 is 0.932 bits per heavy atom. The van der Waals surface area contributed by atoms with Gasteiger partial charge in [0.2, 0.25) is 0 Å². The molecule has 2 aliphatic carbocycles. The second-order valence-electron chi connectivity index (χ2n) is 12.2. The van der Waals surface area contributed by atoms with E-state index in [1.807, 2.05) is 35.0 Å². The normalized spacial score (nSPS) is 18.9. The van der Waals surface area contributed by atoms with Crippen LogP contribution in [0, 0.1) is 17.7 Å². The minimum atomic E-state index is -0.293. The molecule has 2 aromatic carbocycles. The minimum Gasteiger partial charge on any atom is -0.497 e. The molecule has 1 saturated carbocycles. The zero-order chi connectivity index (χ0) is 30.7. The third-order valence-electron chi connectivity index (χ3n) is 9.09. The number of aromatic nitrogens is 2. The molecular formula is C38H45FN2O3. The van der Waals surface area contributed by atoms with Crippen LogP contribution in [-0.2, 0) is 16.0 Å². The van der Waals surface area contributed by atoms with Gasteiger partial charge in [-0.2, -0.15) is 0 Å². The third kappa shape index (κ3) is 8.81. The molecule has 3 aromatic rings. The lowest BCUT2D eigenvalue weighted by molar-refractivity contribution is -0.118. The average Bonchev–Trinajstić information content (AvgIpc) is 3.30. The zero-order valence-electron chi connectivity index (χ0n) is 26.1. The van der Waals surface area contributed by atoms with Crippen LogP contribution in [0.1, 0.15) is 76.5 Å². The van der Waals surface area contributed by atoms with Crippen molar-refractivity contribution in [3.8, 4) is 22.7 Å². The van der Waals surface area contributed by atoms with Crippen LogP contribution in [0.2, 0.25) is 0 Å². The molecule has 0 amide bonds. The van der Waals surface area contributed by atoms with E-state index in [-0.39, 0.29) is 18.0 Å². The first-order chi connectivity index (χ1) is 21.5. The SMILES string of the molecule is COC1=CC(CCC2CCCC(CCC(=O)Cc3nc(-c4ccc(OC)cc4)cn3-c3ccc(F)cc3)CC2)=CCCC=C1. The van der Waals surface area contributed by atoms with Crippen molar-refractivity contribution in [2.24, 2.45) is 11.8 Å². The zero-order valence-corrected chi connectivity index (χ0v) is 26.1. The van der Waals surface area contributed by atoms with Gasteiger partial charge in [0, 0.05) is 23.9 Å². The van der Waals surface area contributed by atoms with Crippen LogP contribution in [0.5, 0.6) is 5.75 Å². The van der Waals surface area contributed by atoms with E-state index >= 15 is 0 Å². The molecule has 1 heterocycles. The number of imidazole rings is 1. The van der Waals surface area contributed by atoms with Crippen molar-refractivity contribution in [2.45, 2.75) is 77.0 Å². The standard InChI is InChI=1S/C38H45FN2O3/c1-43-35-23-16-31(17-24-35)37-27-41(33-20-18-32(39)19-21-33)38(40-37)26-34(42)22-15-29-9-6-8-28(11-12-29)13-14-30-7-4-3-5-10-36(25-30)44-2/h5,7,10,16-21,23-25,27-29H,3-4,6,8-9,11-15,22,26H2,1-2H3. The fourth-order valence-corrected chi connectivity index (χ4v) is 6.46. The molecular weight excluding hydrogens is 551 g/mol. The van der Waals surface area contributed by atoms with Crippen molar-refractivity contribution in [3.63, 3.8) is 0 Å². The number of methoxy groups -OCH3 is 2. The molecule has 2 unspecified atom stereocenters. The number of hydrogen-bond donors (Lipinski definition) is 0. The number of carbonyl (C=O) groups excluding carboxylic acids is 1. The van der Waals surface area contributed by atoms with Crippen molar-refractivity contribution < 1.29 is 18.7 Å². The van der Waals surface area contributed by atoms with Crippen LogP contribution < -0.4 is 4.74 Å². The fourth-order valence-electron chi connectivity index (χ4n) is 6.46. The molecule has 1 aromatic heterocycles. The van der Waals surface area contributed by atoms with E-state index in [9.17, 15) is 9.18 Å². The van der Waals surface area contributed by atoms with Crippen molar-refractivity contribution in [3.05, 3.63) is 102 Å². The molecule has 5 nitrogen and oxygen atoms in total. The first-order valence-corrected chi connectivity index (χ1v) is 16.1. The van der Waals surface area contributed by atoms with Gasteiger partial charge in [-0.15, -0.1) is 0 Å². The van der Waals surface area contributed by atoms with E-state index in [0.717, 1.165) is 60.1 Å². The Bertz CT molecular complexity index is 1470. The molecule has 5 rings (SSSR count). The Hall–Kier alpha value is -3.93. The Morgan fingerprint density at radius 2 is 1.68 bits per heavy atom. The number of benzene rings is 2. The number of ketones is 1. The van der Waals surface area contributed by atoms with Gasteiger partial charge in [0.1, 0.15) is 28.9 Å². The predicted octanol–water partition coefficient (Wildman–Crippen LogP) is 9.36. The van der Waals surface area contributed by atoms with Crippen LogP contribution in [-0.4, -0.2) is 29.6 Å². The number of hydrogen-bond acceptors (Lipinski definition) is 4. The molecule has 6 heteroatoms. The first kappa shape index (κ1) is 31.5. The number of halogens is 1. The summed E-state index contributed by atoms with van der Waals surface area (Å²) in [5.41, 5.74) is 3.89. The second-order valence-corrected chi connectivity index (χ2v) is 12.2. The Kier molecular flexibility index (Phi) is 11.2. The van der Waals surface area contributed by atoms with Gasteiger partial charge in [0.05, 0.1) is 26.3 Å². The van der Waals surface area contributed by atoms with Crippen molar-refractivity contribution in [1.29, 1.82) is 0 Å². The number of ether oxygens (including phenoxy) is 2. The number of allylic oxidation sites excluding steroid dienone is 5. The van der Waals surface area contributed by atoms with Gasteiger partial charge in [0.15, 0.2) is 0 Å². The van der Waals surface area contributed by atoms with Crippen LogP contribution >= 0.6 is 0 Å². The summed E-state index contributed by atoms with van der Waals surface area (Å²) < 4.78 is 26.4. The first-order valence-electron chi connectivity index (χ1n) is 16.1. The van der Waals surface area contributed by atoms with Gasteiger partial charge in [-0.1, -0.05) is 44.3 Å². The summed E-state index contributed by atoms with van der Waals surface area (Å²) in [7, 11) is 3.38. The van der Waals surface area contributed by atoms with Crippen LogP contribution in [0.3, 0.4) is 0 Å². The molecule has 44 heavy (non-hydrogen) atoms. The summed E-state index contributed by atoms with van der Waals surface area (Å²) in [5.74, 6) is 3.65. The molecule has 1 fully saturated rings. The molecule has 0 radical (unpaired) electrons. The molecule has 0 aliphatic heterocycles. The van der Waals surface area contributed by atoms with Crippen LogP contribution in [0.25, 0.3) is 16.9 Å². The van der Waals surface area contributed by atoms with E-state index in [2.05, 4.69) is 24.3 Å². The van der Waals surface area contributed by atoms with E-state index in [0.29, 0.717) is 18.2 Å². The Labute approximate surface area is 261 Å². The quantitative estimate of drug-likeness (QED) is 0.196. The third-order valence-corrected chi connectivity index (χ3v) is 9.09. The second kappa shape index (κ2) is 15.7. The predicted molar refractivity (Wildman–Crippen MR) is 174 cm³/mol. The van der Waals surface area contributed by atoms with Crippen molar-refractivity contribution >= 4 is 5.78 Å². The maximum Gasteiger partial charge on any atom is 0.140 e. The average molecular weight is 597 g/mol. The number of rotatable bonds is 12. The summed E-state index contributed by atoms with van der Waals surface area (Å²) in [6.45, 7) is 0. The Morgan fingerprint density at radius 3 is 2.41 bits per heavy atom. The molecule has 2 atom stereocenters. The van der Waals surface area contributed by atoms with E-state index in [1.54, 1.807) is 26.4 Å². The molecule has 0 bridgehead atoms. The molecule has 0 saturated heterocycles. The molecule has 2 aliphatic rings. The lowest BCUT2D eigenvalue weighted by Crippen LogP contribution is -2.11. The van der Waals surface area contributed by atoms with E-state index in [4.69, 9.17) is 14.5 Å².